The summed E-state index contributed by atoms with van der Waals surface area (Å²) in [5, 5.41) is 0. The van der Waals surface area contributed by atoms with Crippen LogP contribution in [0.25, 0.3) is 0 Å². The summed E-state index contributed by atoms with van der Waals surface area (Å²) < 4.78 is 10.9. The summed E-state index contributed by atoms with van der Waals surface area (Å²) in [4.78, 5) is 0. The van der Waals surface area contributed by atoms with Crippen LogP contribution >= 0.6 is 0 Å². The molecular weight excluding hydrogens is 177 g/mol. The third kappa shape index (κ3) is 4.75. The molecule has 2 heteroatoms. The van der Waals surface area contributed by atoms with Gasteiger partial charge in [-0.2, -0.15) is 0 Å². The van der Waals surface area contributed by atoms with Gasteiger partial charge in [0.05, 0.1) is 0 Å². The molecule has 30 valence electrons. The van der Waals surface area contributed by atoms with Crippen LogP contribution in [0, 0.1) is 0 Å². The van der Waals surface area contributed by atoms with E-state index in [0.717, 1.165) is 0 Å². The van der Waals surface area contributed by atoms with Crippen LogP contribution < -0.4 is 0 Å². The van der Waals surface area contributed by atoms with Crippen molar-refractivity contribution in [3.8, 4) is 0 Å². The summed E-state index contributed by atoms with van der Waals surface area (Å²) >= 11 is 1.25. The van der Waals surface area contributed by atoms with Crippen LogP contribution in [0.4, 0.5) is 4.39 Å². The Morgan fingerprint density at radius 3 is 2.20 bits per heavy atom. The molecule has 0 fully saturated rings. The first-order valence-electron chi connectivity index (χ1n) is 1.59. The van der Waals surface area contributed by atoms with Crippen molar-refractivity contribution in [1.82, 2.24) is 0 Å². The van der Waals surface area contributed by atoms with E-state index in [2.05, 4.69) is 0 Å². The van der Waals surface area contributed by atoms with Crippen LogP contribution in [0.1, 0.15) is 13.3 Å². The van der Waals surface area contributed by atoms with Crippen LogP contribution in [0.5, 0.6) is 0 Å². The summed E-state index contributed by atoms with van der Waals surface area (Å²) in [6, 6.07) is 0. The van der Waals surface area contributed by atoms with Crippen molar-refractivity contribution in [2.75, 3.05) is 0 Å². The Hall–Kier alpha value is 0.748. The Balaban J connectivity index is 2.54. The molecule has 0 aromatic carbocycles. The second-order valence-electron chi connectivity index (χ2n) is 0.843. The first kappa shape index (κ1) is 5.75. The summed E-state index contributed by atoms with van der Waals surface area (Å²) in [6.07, 6.45) is 0.661. The Morgan fingerprint density at radius 2 is 2.20 bits per heavy atom. The van der Waals surface area contributed by atoms with E-state index in [9.17, 15) is 4.39 Å². The van der Waals surface area contributed by atoms with Crippen molar-refractivity contribution in [3.63, 3.8) is 0 Å². The molecule has 0 aromatic heterocycles. The molecule has 0 bridgehead atoms. The first-order chi connectivity index (χ1) is 2.27. The zero-order valence-electron chi connectivity index (χ0n) is 3.11. The van der Waals surface area contributed by atoms with Crippen molar-refractivity contribution in [2.24, 2.45) is 0 Å². The van der Waals surface area contributed by atoms with Crippen molar-refractivity contribution in [3.05, 3.63) is 0 Å². The molecular formula is C3H6FSb. The molecule has 1 atom stereocenters. The van der Waals surface area contributed by atoms with Crippen molar-refractivity contribution < 1.29 is 4.39 Å². The molecule has 0 heterocycles. The zero-order chi connectivity index (χ0) is 4.28. The number of hydrogen-bond donors (Lipinski definition) is 0. The molecule has 0 saturated carbocycles. The van der Waals surface area contributed by atoms with Gasteiger partial charge in [0.25, 0.3) is 0 Å². The average molecular weight is 183 g/mol. The van der Waals surface area contributed by atoms with Crippen molar-refractivity contribution in [1.29, 1.82) is 0 Å². The van der Waals surface area contributed by atoms with E-state index in [0.29, 0.717) is 6.42 Å². The van der Waals surface area contributed by atoms with Crippen LogP contribution in [0.15, 0.2) is 0 Å². The van der Waals surface area contributed by atoms with E-state index in [-0.39, 0.29) is 0 Å². The Morgan fingerprint density at radius 1 is 2.00 bits per heavy atom. The molecule has 1 unspecified atom stereocenters. The summed E-state index contributed by atoms with van der Waals surface area (Å²) in [7, 11) is 0. The van der Waals surface area contributed by atoms with Gasteiger partial charge in [-0.05, 0) is 0 Å². The molecule has 0 aromatic rings. The first-order valence-corrected chi connectivity index (χ1v) is 3.07. The van der Waals surface area contributed by atoms with Gasteiger partial charge in [-0.3, -0.25) is 0 Å². The molecule has 2 radical (unpaired) electrons. The third-order valence-electron chi connectivity index (χ3n) is 0.337. The molecule has 0 amide bonds. The Kier molecular flexibility index (Phi) is 3.40. The fraction of sp³-hybridized carbons (Fsp3) is 1.00. The second kappa shape index (κ2) is 2.96. The predicted octanol–water partition coefficient (Wildman–Crippen LogP) is 0.861. The number of hydrogen-bond acceptors (Lipinski definition) is 0. The Labute approximate surface area is 45.2 Å². The van der Waals surface area contributed by atoms with Gasteiger partial charge < -0.3 is 0 Å². The topological polar surface area (TPSA) is 0 Å². The van der Waals surface area contributed by atoms with Crippen LogP contribution in [0.2, 0.25) is 0 Å². The molecule has 0 N–H and O–H groups in total. The van der Waals surface area contributed by atoms with E-state index in [1.807, 2.05) is 6.92 Å². The molecule has 0 saturated heterocycles. The van der Waals surface area contributed by atoms with Crippen molar-refractivity contribution >= 4 is 23.0 Å². The third-order valence-corrected chi connectivity index (χ3v) is 1.38. The quantitative estimate of drug-likeness (QED) is 0.528. The SMILES string of the molecule is CC[CH](F)[Sb]. The molecule has 0 aliphatic rings. The summed E-state index contributed by atoms with van der Waals surface area (Å²) in [5.41, 5.74) is 0. The van der Waals surface area contributed by atoms with Gasteiger partial charge in [-0.15, -0.1) is 0 Å². The maximum atomic E-state index is 11.5. The molecule has 5 heavy (non-hydrogen) atoms. The molecule has 0 aliphatic carbocycles. The van der Waals surface area contributed by atoms with Gasteiger partial charge >= 0.3 is 44.9 Å². The minimum atomic E-state index is -0.566. The van der Waals surface area contributed by atoms with Crippen molar-refractivity contribution in [2.45, 2.75) is 17.5 Å². The zero-order valence-corrected chi connectivity index (χ0v) is 5.66. The summed E-state index contributed by atoms with van der Waals surface area (Å²) in [5.74, 6) is 0. The van der Waals surface area contributed by atoms with E-state index >= 15 is 0 Å². The number of halogens is 1. The van der Waals surface area contributed by atoms with Gasteiger partial charge in [0.2, 0.25) is 0 Å². The van der Waals surface area contributed by atoms with E-state index < -0.39 is 4.12 Å². The number of alkyl halides is 1. The standard InChI is InChI=1S/C3H6F.Sb/c1-2-3-4;/h3H,2H2,1H3;. The fourth-order valence-corrected chi connectivity index (χ4v) is 0. The van der Waals surface area contributed by atoms with E-state index in [1.54, 1.807) is 0 Å². The van der Waals surface area contributed by atoms with Gasteiger partial charge in [-0.1, -0.05) is 0 Å². The fourth-order valence-electron chi connectivity index (χ4n) is 0. The molecule has 0 nitrogen and oxygen atoms in total. The van der Waals surface area contributed by atoms with Crippen LogP contribution in [-0.2, 0) is 0 Å². The minimum absolute atomic E-state index is 0.566. The molecule has 0 rings (SSSR count). The molecule has 0 spiro atoms. The number of rotatable bonds is 1. The average Bonchev–Trinajstić information content (AvgIpc) is 1.38. The predicted molar refractivity (Wildman–Crippen MR) is 20.9 cm³/mol. The van der Waals surface area contributed by atoms with Gasteiger partial charge in [0.1, 0.15) is 0 Å². The monoisotopic (exact) mass is 182 g/mol. The molecule has 0 aliphatic heterocycles. The second-order valence-corrected chi connectivity index (χ2v) is 2.44. The van der Waals surface area contributed by atoms with Gasteiger partial charge in [0, 0.05) is 0 Å². The van der Waals surface area contributed by atoms with Crippen LogP contribution in [0.3, 0.4) is 0 Å². The van der Waals surface area contributed by atoms with Gasteiger partial charge in [-0.25, -0.2) is 0 Å². The van der Waals surface area contributed by atoms with Gasteiger partial charge in [0.15, 0.2) is 0 Å². The normalized spacial score (nSPS) is 15.0. The van der Waals surface area contributed by atoms with Crippen LogP contribution in [-0.4, -0.2) is 27.1 Å². The van der Waals surface area contributed by atoms with E-state index in [1.165, 1.54) is 23.0 Å². The Bertz CT molecular complexity index is 20.9. The maximum absolute atomic E-state index is 11.5. The summed E-state index contributed by atoms with van der Waals surface area (Å²) in [6.45, 7) is 1.84. The van der Waals surface area contributed by atoms with E-state index in [4.69, 9.17) is 0 Å².